The number of aryl methyl sites for hydroxylation is 1. The lowest BCUT2D eigenvalue weighted by Crippen LogP contribution is -2.57. The predicted octanol–water partition coefficient (Wildman–Crippen LogP) is 3.23. The lowest BCUT2D eigenvalue weighted by molar-refractivity contribution is -0.134. The zero-order chi connectivity index (χ0) is 22.3. The van der Waals surface area contributed by atoms with E-state index in [-0.39, 0.29) is 24.2 Å². The van der Waals surface area contributed by atoms with Gasteiger partial charge in [-0.05, 0) is 30.2 Å². The Labute approximate surface area is 188 Å². The third-order valence-electron chi connectivity index (χ3n) is 5.90. The maximum atomic E-state index is 12.7. The van der Waals surface area contributed by atoms with Crippen LogP contribution >= 0.6 is 0 Å². The molecule has 1 saturated heterocycles. The minimum atomic E-state index is -0.503. The van der Waals surface area contributed by atoms with E-state index in [0.29, 0.717) is 31.9 Å². The molecule has 166 valence electrons. The van der Waals surface area contributed by atoms with Gasteiger partial charge in [0.05, 0.1) is 19.0 Å². The Morgan fingerprint density at radius 2 is 1.72 bits per heavy atom. The van der Waals surface area contributed by atoms with Crippen molar-refractivity contribution in [1.29, 1.82) is 0 Å². The molecule has 4 rings (SSSR count). The van der Waals surface area contributed by atoms with Crippen molar-refractivity contribution in [2.45, 2.75) is 31.8 Å². The zero-order valence-electron chi connectivity index (χ0n) is 18.3. The Kier molecular flexibility index (Phi) is 7.02. The first-order valence-electron chi connectivity index (χ1n) is 11.0. The Hall–Kier alpha value is -3.38. The van der Waals surface area contributed by atoms with E-state index in [0.717, 1.165) is 5.76 Å². The van der Waals surface area contributed by atoms with Crippen molar-refractivity contribution in [2.75, 3.05) is 19.6 Å². The average Bonchev–Trinajstić information content (AvgIpc) is 3.24. The largest absolute Gasteiger partial charge is 0.465 e. The Balaban J connectivity index is 1.48. The molecule has 2 aromatic carbocycles. The average molecular weight is 432 g/mol. The zero-order valence-corrected chi connectivity index (χ0v) is 18.3. The smallest absolute Gasteiger partial charge is 0.237 e. The molecule has 6 heteroatoms. The molecule has 0 bridgehead atoms. The molecule has 0 spiro atoms. The fourth-order valence-corrected chi connectivity index (χ4v) is 4.22. The van der Waals surface area contributed by atoms with Gasteiger partial charge < -0.3 is 15.1 Å². The number of amides is 2. The van der Waals surface area contributed by atoms with E-state index in [4.69, 9.17) is 4.42 Å². The quantitative estimate of drug-likeness (QED) is 0.574. The summed E-state index contributed by atoms with van der Waals surface area (Å²) < 4.78 is 5.51. The lowest BCUT2D eigenvalue weighted by Gasteiger charge is -2.37. The molecule has 2 heterocycles. The summed E-state index contributed by atoms with van der Waals surface area (Å²) in [4.78, 5) is 27.5. The second-order valence-electron chi connectivity index (χ2n) is 8.17. The summed E-state index contributed by atoms with van der Waals surface area (Å²) in [7, 11) is 0. The van der Waals surface area contributed by atoms with E-state index in [1.165, 1.54) is 11.1 Å². The molecule has 1 unspecified atom stereocenters. The van der Waals surface area contributed by atoms with Crippen molar-refractivity contribution in [1.82, 2.24) is 15.5 Å². The number of hydrogen-bond donors (Lipinski definition) is 2. The Morgan fingerprint density at radius 3 is 2.31 bits per heavy atom. The highest BCUT2D eigenvalue weighted by Crippen LogP contribution is 2.27. The highest BCUT2D eigenvalue weighted by atomic mass is 16.3. The fourth-order valence-electron chi connectivity index (χ4n) is 4.22. The summed E-state index contributed by atoms with van der Waals surface area (Å²) in [5.74, 6) is 1.36. The third-order valence-corrected chi connectivity index (χ3v) is 5.90. The number of hydrogen-bond acceptors (Lipinski definition) is 4. The SMILES string of the molecule is Cc1ccc(CNC(=O)CC2C(=O)NCCN2CC(c2ccccc2)c2ccccc2)o1. The molecule has 1 fully saturated rings. The molecule has 6 nitrogen and oxygen atoms in total. The molecule has 3 aromatic rings. The van der Waals surface area contributed by atoms with Gasteiger partial charge in [-0.1, -0.05) is 60.7 Å². The maximum Gasteiger partial charge on any atom is 0.237 e. The van der Waals surface area contributed by atoms with Gasteiger partial charge in [0, 0.05) is 25.6 Å². The topological polar surface area (TPSA) is 74.6 Å². The van der Waals surface area contributed by atoms with E-state index >= 15 is 0 Å². The monoisotopic (exact) mass is 431 g/mol. The van der Waals surface area contributed by atoms with Crippen LogP contribution < -0.4 is 10.6 Å². The van der Waals surface area contributed by atoms with Crippen LogP contribution in [0.5, 0.6) is 0 Å². The second kappa shape index (κ2) is 10.3. The normalized spacial score (nSPS) is 16.7. The van der Waals surface area contributed by atoms with Crippen LogP contribution in [0.4, 0.5) is 0 Å². The second-order valence-corrected chi connectivity index (χ2v) is 8.17. The minimum Gasteiger partial charge on any atom is -0.465 e. The summed E-state index contributed by atoms with van der Waals surface area (Å²) in [5.41, 5.74) is 2.39. The molecule has 0 radical (unpaired) electrons. The highest BCUT2D eigenvalue weighted by molar-refractivity contribution is 5.88. The first-order valence-corrected chi connectivity index (χ1v) is 11.0. The van der Waals surface area contributed by atoms with E-state index in [2.05, 4.69) is 39.8 Å². The molecule has 1 aliphatic heterocycles. The van der Waals surface area contributed by atoms with Crippen molar-refractivity contribution >= 4 is 11.8 Å². The van der Waals surface area contributed by atoms with Crippen molar-refractivity contribution in [3.8, 4) is 0 Å². The van der Waals surface area contributed by atoms with Crippen LogP contribution in [0.15, 0.2) is 77.2 Å². The van der Waals surface area contributed by atoms with E-state index in [9.17, 15) is 9.59 Å². The van der Waals surface area contributed by atoms with Gasteiger partial charge in [0.2, 0.25) is 11.8 Å². The third kappa shape index (κ3) is 5.45. The van der Waals surface area contributed by atoms with Gasteiger partial charge in [0.1, 0.15) is 11.5 Å². The van der Waals surface area contributed by atoms with Crippen molar-refractivity contribution in [3.05, 3.63) is 95.4 Å². The number of carbonyl (C=O) groups is 2. The van der Waals surface area contributed by atoms with Crippen LogP contribution in [0, 0.1) is 6.92 Å². The maximum absolute atomic E-state index is 12.7. The van der Waals surface area contributed by atoms with E-state index in [1.807, 2.05) is 55.5 Å². The number of rotatable bonds is 8. The summed E-state index contributed by atoms with van der Waals surface area (Å²) in [6.07, 6.45) is 0.113. The molecule has 0 aliphatic carbocycles. The molecule has 1 atom stereocenters. The molecule has 2 amide bonds. The molecule has 1 aromatic heterocycles. The number of benzene rings is 2. The lowest BCUT2D eigenvalue weighted by atomic mass is 9.90. The van der Waals surface area contributed by atoms with Gasteiger partial charge in [-0.2, -0.15) is 0 Å². The first-order chi connectivity index (χ1) is 15.6. The Morgan fingerprint density at radius 1 is 1.06 bits per heavy atom. The first kappa shape index (κ1) is 21.8. The minimum absolute atomic E-state index is 0.0971. The highest BCUT2D eigenvalue weighted by Gasteiger charge is 2.33. The summed E-state index contributed by atoms with van der Waals surface area (Å²) in [6, 6.07) is 23.9. The van der Waals surface area contributed by atoms with Gasteiger partial charge in [0.25, 0.3) is 0 Å². The van der Waals surface area contributed by atoms with Gasteiger partial charge in [-0.25, -0.2) is 0 Å². The van der Waals surface area contributed by atoms with Crippen LogP contribution in [0.1, 0.15) is 35.0 Å². The van der Waals surface area contributed by atoms with Crippen LogP contribution in [0.2, 0.25) is 0 Å². The van der Waals surface area contributed by atoms with Crippen molar-refractivity contribution in [3.63, 3.8) is 0 Å². The fraction of sp³-hybridized carbons (Fsp3) is 0.308. The number of furan rings is 1. The molecule has 0 saturated carbocycles. The molecular formula is C26H29N3O3. The number of nitrogens with one attached hydrogen (secondary N) is 2. The number of carbonyl (C=O) groups excluding carboxylic acids is 2. The van der Waals surface area contributed by atoms with Crippen molar-refractivity contribution < 1.29 is 14.0 Å². The van der Waals surface area contributed by atoms with Crippen LogP contribution in [-0.2, 0) is 16.1 Å². The van der Waals surface area contributed by atoms with Gasteiger partial charge in [0.15, 0.2) is 0 Å². The molecular weight excluding hydrogens is 402 g/mol. The Bertz CT molecular complexity index is 993. The number of piperazine rings is 1. The summed E-state index contributed by atoms with van der Waals surface area (Å²) in [5, 5.41) is 5.80. The standard InChI is InChI=1S/C26H29N3O3/c1-19-12-13-22(32-19)17-28-25(30)16-24-26(31)27-14-15-29(24)18-23(20-8-4-2-5-9-20)21-10-6-3-7-11-21/h2-13,23-24H,14-18H2,1H3,(H,27,31)(H,28,30). The summed E-state index contributed by atoms with van der Waals surface area (Å²) >= 11 is 0. The van der Waals surface area contributed by atoms with Crippen LogP contribution in [0.25, 0.3) is 0 Å². The van der Waals surface area contributed by atoms with Gasteiger partial charge >= 0.3 is 0 Å². The predicted molar refractivity (Wildman–Crippen MR) is 123 cm³/mol. The van der Waals surface area contributed by atoms with Gasteiger partial charge in [-0.15, -0.1) is 0 Å². The van der Waals surface area contributed by atoms with Gasteiger partial charge in [-0.3, -0.25) is 14.5 Å². The van der Waals surface area contributed by atoms with E-state index < -0.39 is 6.04 Å². The number of nitrogens with zero attached hydrogens (tertiary/aromatic N) is 1. The van der Waals surface area contributed by atoms with Crippen LogP contribution in [-0.4, -0.2) is 42.4 Å². The van der Waals surface area contributed by atoms with Crippen molar-refractivity contribution in [2.24, 2.45) is 0 Å². The molecule has 32 heavy (non-hydrogen) atoms. The molecule has 1 aliphatic rings. The van der Waals surface area contributed by atoms with Crippen LogP contribution in [0.3, 0.4) is 0 Å². The van der Waals surface area contributed by atoms with E-state index in [1.54, 1.807) is 0 Å². The summed E-state index contributed by atoms with van der Waals surface area (Å²) in [6.45, 7) is 4.13. The molecule has 2 N–H and O–H groups in total.